The molecule has 2 bridgehead atoms. The lowest BCUT2D eigenvalue weighted by molar-refractivity contribution is -0.151. The Morgan fingerprint density at radius 1 is 1.06 bits per heavy atom. The van der Waals surface area contributed by atoms with Gasteiger partial charge in [-0.25, -0.2) is 0 Å². The van der Waals surface area contributed by atoms with Crippen molar-refractivity contribution in [3.63, 3.8) is 0 Å². The number of hydrogen-bond donors (Lipinski definition) is 2. The summed E-state index contributed by atoms with van der Waals surface area (Å²) in [5.74, 6) is -0.0418. The van der Waals surface area contributed by atoms with Gasteiger partial charge in [-0.1, -0.05) is 0 Å². The van der Waals surface area contributed by atoms with Gasteiger partial charge >= 0.3 is 0 Å². The highest BCUT2D eigenvalue weighted by atomic mass is 16.3. The van der Waals surface area contributed by atoms with Crippen molar-refractivity contribution in [1.82, 2.24) is 5.32 Å². The molecule has 0 spiro atoms. The van der Waals surface area contributed by atoms with E-state index < -0.39 is 11.1 Å². The predicted molar refractivity (Wildman–Crippen MR) is 68.0 cm³/mol. The topological polar surface area (TPSA) is 66.4 Å². The molecule has 2 N–H and O–H groups in total. The summed E-state index contributed by atoms with van der Waals surface area (Å²) in [5, 5.41) is 13.0. The van der Waals surface area contributed by atoms with E-state index in [1.54, 1.807) is 13.8 Å². The van der Waals surface area contributed by atoms with E-state index >= 15 is 0 Å². The van der Waals surface area contributed by atoms with Crippen LogP contribution in [0.15, 0.2) is 0 Å². The number of ketones is 1. The maximum absolute atomic E-state index is 12.5. The molecule has 1 amide bonds. The highest BCUT2D eigenvalue weighted by Crippen LogP contribution is 2.52. The minimum atomic E-state index is -0.795. The molecule has 18 heavy (non-hydrogen) atoms. The summed E-state index contributed by atoms with van der Waals surface area (Å²) in [7, 11) is 0. The van der Waals surface area contributed by atoms with Gasteiger partial charge in [0.15, 0.2) is 5.78 Å². The summed E-state index contributed by atoms with van der Waals surface area (Å²) in [5.41, 5.74) is -1.67. The monoisotopic (exact) mass is 253 g/mol. The number of hydrogen-bond acceptors (Lipinski definition) is 3. The molecule has 3 fully saturated rings. The number of aliphatic hydroxyl groups is 1. The molecule has 4 heteroatoms. The van der Waals surface area contributed by atoms with Crippen LogP contribution in [0.4, 0.5) is 0 Å². The van der Waals surface area contributed by atoms with Crippen molar-refractivity contribution in [1.29, 1.82) is 0 Å². The summed E-state index contributed by atoms with van der Waals surface area (Å²) in [6, 6.07) is 0. The molecule has 0 radical (unpaired) electrons. The van der Waals surface area contributed by atoms with Crippen molar-refractivity contribution in [2.45, 2.75) is 70.4 Å². The standard InChI is InChI=1S/C14H23NO3/c1-10(16)12(2,3)15-11(17)13-4-7-14(18,8-5-13)9-6-13/h18H,4-9H2,1-3H3,(H,15,17). The van der Waals surface area contributed by atoms with E-state index in [0.717, 1.165) is 19.3 Å². The smallest absolute Gasteiger partial charge is 0.226 e. The van der Waals surface area contributed by atoms with Crippen LogP contribution in [-0.2, 0) is 9.59 Å². The van der Waals surface area contributed by atoms with E-state index in [0.29, 0.717) is 19.3 Å². The van der Waals surface area contributed by atoms with E-state index in [-0.39, 0.29) is 17.1 Å². The summed E-state index contributed by atoms with van der Waals surface area (Å²) in [6.07, 6.45) is 4.35. The fourth-order valence-electron chi connectivity index (χ4n) is 3.01. The van der Waals surface area contributed by atoms with Crippen molar-refractivity contribution in [3.05, 3.63) is 0 Å². The van der Waals surface area contributed by atoms with Gasteiger partial charge in [0.05, 0.1) is 11.1 Å². The Hall–Kier alpha value is -0.900. The Morgan fingerprint density at radius 3 is 1.89 bits per heavy atom. The fraction of sp³-hybridized carbons (Fsp3) is 0.857. The van der Waals surface area contributed by atoms with Crippen LogP contribution in [0.5, 0.6) is 0 Å². The maximum Gasteiger partial charge on any atom is 0.226 e. The number of rotatable bonds is 3. The normalized spacial score (nSPS) is 35.3. The van der Waals surface area contributed by atoms with Gasteiger partial charge in [0, 0.05) is 5.41 Å². The molecule has 3 aliphatic carbocycles. The molecule has 3 saturated carbocycles. The third kappa shape index (κ3) is 2.18. The predicted octanol–water partition coefficient (Wildman–Crippen LogP) is 1.56. The average molecular weight is 253 g/mol. The molecule has 0 saturated heterocycles. The van der Waals surface area contributed by atoms with Crippen LogP contribution in [0.1, 0.15) is 59.3 Å². The Kier molecular flexibility index (Phi) is 3.05. The molecular weight excluding hydrogens is 230 g/mol. The van der Waals surface area contributed by atoms with Gasteiger partial charge in [0.25, 0.3) is 0 Å². The number of Topliss-reactive ketones (excluding diaryl/α,β-unsaturated/α-hetero) is 1. The first-order valence-corrected chi connectivity index (χ1v) is 6.75. The van der Waals surface area contributed by atoms with Crippen LogP contribution in [0.25, 0.3) is 0 Å². The fourth-order valence-corrected chi connectivity index (χ4v) is 3.01. The first-order valence-electron chi connectivity index (χ1n) is 6.75. The highest BCUT2D eigenvalue weighted by molar-refractivity contribution is 5.92. The quantitative estimate of drug-likeness (QED) is 0.802. The van der Waals surface area contributed by atoms with Crippen LogP contribution in [0, 0.1) is 5.41 Å². The molecule has 0 aromatic carbocycles. The molecule has 0 unspecified atom stereocenters. The summed E-state index contributed by atoms with van der Waals surface area (Å²) < 4.78 is 0. The van der Waals surface area contributed by atoms with Gasteiger partial charge in [-0.05, 0) is 59.3 Å². The highest BCUT2D eigenvalue weighted by Gasteiger charge is 2.52. The molecular formula is C14H23NO3. The Morgan fingerprint density at radius 2 is 1.50 bits per heavy atom. The van der Waals surface area contributed by atoms with Gasteiger partial charge in [0.2, 0.25) is 5.91 Å². The second-order valence-electron chi connectivity index (χ2n) is 6.64. The molecule has 0 aromatic rings. The SMILES string of the molecule is CC(=O)C(C)(C)NC(=O)C12CCC(O)(CC1)CC2. The molecule has 0 aromatic heterocycles. The van der Waals surface area contributed by atoms with E-state index in [9.17, 15) is 14.7 Å². The van der Waals surface area contributed by atoms with Crippen LogP contribution in [-0.4, -0.2) is 27.9 Å². The molecule has 3 aliphatic rings. The van der Waals surface area contributed by atoms with Gasteiger partial charge in [-0.15, -0.1) is 0 Å². The van der Waals surface area contributed by atoms with Crippen LogP contribution >= 0.6 is 0 Å². The van der Waals surface area contributed by atoms with Gasteiger partial charge in [-0.2, -0.15) is 0 Å². The summed E-state index contributed by atoms with van der Waals surface area (Å²) in [4.78, 5) is 23.9. The largest absolute Gasteiger partial charge is 0.390 e. The maximum atomic E-state index is 12.5. The van der Waals surface area contributed by atoms with E-state index in [4.69, 9.17) is 0 Å². The zero-order valence-electron chi connectivity index (χ0n) is 11.5. The molecule has 0 heterocycles. The number of carbonyl (C=O) groups is 2. The molecule has 0 aliphatic heterocycles. The van der Waals surface area contributed by atoms with Crippen molar-refractivity contribution in [2.75, 3.05) is 0 Å². The third-order valence-corrected chi connectivity index (χ3v) is 4.99. The average Bonchev–Trinajstić information content (AvgIpc) is 2.29. The van der Waals surface area contributed by atoms with Crippen LogP contribution < -0.4 is 5.32 Å². The van der Waals surface area contributed by atoms with Crippen molar-refractivity contribution < 1.29 is 14.7 Å². The van der Waals surface area contributed by atoms with E-state index in [2.05, 4.69) is 5.32 Å². The molecule has 0 atom stereocenters. The minimum absolute atomic E-state index is 0.00977. The summed E-state index contributed by atoms with van der Waals surface area (Å²) in [6.45, 7) is 4.98. The second kappa shape index (κ2) is 4.05. The zero-order chi connectivity index (χ0) is 13.6. The minimum Gasteiger partial charge on any atom is -0.390 e. The number of nitrogens with one attached hydrogen (secondary N) is 1. The van der Waals surface area contributed by atoms with Crippen molar-refractivity contribution in [2.24, 2.45) is 5.41 Å². The first kappa shape index (κ1) is 13.5. The van der Waals surface area contributed by atoms with Gasteiger partial charge < -0.3 is 10.4 Å². The Labute approximate surface area is 108 Å². The third-order valence-electron chi connectivity index (χ3n) is 4.99. The lowest BCUT2D eigenvalue weighted by atomic mass is 9.58. The van der Waals surface area contributed by atoms with E-state index in [1.165, 1.54) is 6.92 Å². The van der Waals surface area contributed by atoms with Gasteiger partial charge in [0.1, 0.15) is 0 Å². The Balaban J connectivity index is 2.08. The lowest BCUT2D eigenvalue weighted by Crippen LogP contribution is -2.58. The lowest BCUT2D eigenvalue weighted by Gasteiger charge is -2.50. The van der Waals surface area contributed by atoms with Crippen LogP contribution in [0.3, 0.4) is 0 Å². The van der Waals surface area contributed by atoms with Crippen molar-refractivity contribution in [3.8, 4) is 0 Å². The van der Waals surface area contributed by atoms with Crippen molar-refractivity contribution >= 4 is 11.7 Å². The van der Waals surface area contributed by atoms with Gasteiger partial charge in [-0.3, -0.25) is 9.59 Å². The molecule has 3 rings (SSSR count). The number of amides is 1. The van der Waals surface area contributed by atoms with E-state index in [1.807, 2.05) is 0 Å². The Bertz CT molecular complexity index is 362. The number of carbonyl (C=O) groups excluding carboxylic acids is 2. The second-order valence-corrected chi connectivity index (χ2v) is 6.64. The zero-order valence-corrected chi connectivity index (χ0v) is 11.5. The first-order chi connectivity index (χ1) is 8.19. The number of fused-ring (bicyclic) bond motifs is 3. The van der Waals surface area contributed by atoms with Crippen LogP contribution in [0.2, 0.25) is 0 Å². The summed E-state index contributed by atoms with van der Waals surface area (Å²) >= 11 is 0. The molecule has 4 nitrogen and oxygen atoms in total. The molecule has 102 valence electrons.